The Balaban J connectivity index is 1.40. The summed E-state index contributed by atoms with van der Waals surface area (Å²) in [4.78, 5) is 26.4. The van der Waals surface area contributed by atoms with Gasteiger partial charge in [0.1, 0.15) is 5.60 Å². The number of nitrogens with one attached hydrogen (secondary N) is 1. The average Bonchev–Trinajstić information content (AvgIpc) is 3.47. The lowest BCUT2D eigenvalue weighted by Gasteiger charge is -2.34. The van der Waals surface area contributed by atoms with E-state index in [9.17, 15) is 22.8 Å². The first-order valence-corrected chi connectivity index (χ1v) is 10.9. The summed E-state index contributed by atoms with van der Waals surface area (Å²) in [5.74, 6) is 0.0668. The lowest BCUT2D eigenvalue weighted by molar-refractivity contribution is -0.137. The van der Waals surface area contributed by atoms with Gasteiger partial charge >= 0.3 is 12.3 Å². The number of halogens is 3. The number of alkyl halides is 3. The number of amides is 2. The van der Waals surface area contributed by atoms with Crippen molar-refractivity contribution in [1.82, 2.24) is 10.2 Å². The molecule has 1 saturated heterocycles. The summed E-state index contributed by atoms with van der Waals surface area (Å²) < 4.78 is 43.5. The number of benzene rings is 1. The maximum Gasteiger partial charge on any atom is 0.416 e. The highest BCUT2D eigenvalue weighted by molar-refractivity contribution is 5.82. The van der Waals surface area contributed by atoms with E-state index in [-0.39, 0.29) is 23.8 Å². The van der Waals surface area contributed by atoms with Crippen LogP contribution in [0.5, 0.6) is 0 Å². The molecule has 172 valence electrons. The quantitative estimate of drug-likeness (QED) is 0.704. The molecule has 3 unspecified atom stereocenters. The first kappa shape index (κ1) is 23.4. The SMILES string of the molecule is CC(C)(C)OC(=O)N1CCCC(CCNC(=O)C2CC2c2ccc(C(F)(F)F)cc2)C1. The van der Waals surface area contributed by atoms with Gasteiger partial charge in [-0.15, -0.1) is 0 Å². The Kier molecular flexibility index (Phi) is 6.86. The second-order valence-electron chi connectivity index (χ2n) is 9.58. The van der Waals surface area contributed by atoms with E-state index in [1.807, 2.05) is 20.8 Å². The van der Waals surface area contributed by atoms with Gasteiger partial charge in [-0.3, -0.25) is 4.79 Å². The number of hydrogen-bond donors (Lipinski definition) is 1. The van der Waals surface area contributed by atoms with Gasteiger partial charge in [0, 0.05) is 25.6 Å². The molecule has 1 aliphatic carbocycles. The van der Waals surface area contributed by atoms with E-state index in [4.69, 9.17) is 4.74 Å². The summed E-state index contributed by atoms with van der Waals surface area (Å²) in [5, 5.41) is 2.96. The van der Waals surface area contributed by atoms with Gasteiger partial charge in [-0.1, -0.05) is 12.1 Å². The van der Waals surface area contributed by atoms with Crippen molar-refractivity contribution < 1.29 is 27.5 Å². The molecule has 0 radical (unpaired) electrons. The Morgan fingerprint density at radius 2 is 1.84 bits per heavy atom. The molecule has 1 aromatic rings. The number of hydrogen-bond acceptors (Lipinski definition) is 3. The third-order valence-corrected chi connectivity index (χ3v) is 5.82. The highest BCUT2D eigenvalue weighted by Crippen LogP contribution is 2.48. The molecule has 3 rings (SSSR count). The molecular formula is C23H31F3N2O3. The topological polar surface area (TPSA) is 58.6 Å². The molecule has 2 amide bonds. The second-order valence-corrected chi connectivity index (χ2v) is 9.58. The van der Waals surface area contributed by atoms with Gasteiger partial charge < -0.3 is 15.0 Å². The molecule has 5 nitrogen and oxygen atoms in total. The summed E-state index contributed by atoms with van der Waals surface area (Å²) in [7, 11) is 0. The standard InChI is InChI=1S/C23H31F3N2O3/c1-22(2,3)31-21(30)28-12-4-5-15(14-28)10-11-27-20(29)19-13-18(19)16-6-8-17(9-7-16)23(24,25)26/h6-9,15,18-19H,4-5,10-14H2,1-3H3,(H,27,29). The molecular weight excluding hydrogens is 409 g/mol. The fourth-order valence-corrected chi connectivity index (χ4v) is 4.10. The number of nitrogens with zero attached hydrogens (tertiary/aromatic N) is 1. The van der Waals surface area contributed by atoms with Gasteiger partial charge in [0.2, 0.25) is 5.91 Å². The Morgan fingerprint density at radius 1 is 1.16 bits per heavy atom. The zero-order valence-corrected chi connectivity index (χ0v) is 18.3. The van der Waals surface area contributed by atoms with Crippen LogP contribution < -0.4 is 5.32 Å². The van der Waals surface area contributed by atoms with Crippen LogP contribution >= 0.6 is 0 Å². The number of likely N-dealkylation sites (tertiary alicyclic amines) is 1. The molecule has 31 heavy (non-hydrogen) atoms. The van der Waals surface area contributed by atoms with E-state index in [1.54, 1.807) is 4.90 Å². The first-order valence-electron chi connectivity index (χ1n) is 10.9. The normalized spacial score (nSPS) is 23.9. The van der Waals surface area contributed by atoms with E-state index in [0.717, 1.165) is 37.0 Å². The van der Waals surface area contributed by atoms with Crippen LogP contribution in [0, 0.1) is 11.8 Å². The van der Waals surface area contributed by atoms with Gasteiger partial charge in [-0.25, -0.2) is 4.79 Å². The van der Waals surface area contributed by atoms with E-state index >= 15 is 0 Å². The van der Waals surface area contributed by atoms with Gasteiger partial charge in [-0.2, -0.15) is 13.2 Å². The molecule has 3 atom stereocenters. The molecule has 0 aromatic heterocycles. The van der Waals surface area contributed by atoms with Crippen LogP contribution in [0.15, 0.2) is 24.3 Å². The van der Waals surface area contributed by atoms with Crippen LogP contribution in [0.1, 0.15) is 63.5 Å². The molecule has 8 heteroatoms. The van der Waals surface area contributed by atoms with Crippen LogP contribution in [0.4, 0.5) is 18.0 Å². The fraction of sp³-hybridized carbons (Fsp3) is 0.652. The molecule has 0 bridgehead atoms. The van der Waals surface area contributed by atoms with Gasteiger partial charge in [0.25, 0.3) is 0 Å². The van der Waals surface area contributed by atoms with Crippen LogP contribution in [0.3, 0.4) is 0 Å². The molecule has 1 saturated carbocycles. The van der Waals surface area contributed by atoms with Gasteiger partial charge in [0.05, 0.1) is 5.56 Å². The molecule has 1 heterocycles. The summed E-state index contributed by atoms with van der Waals surface area (Å²) in [6, 6.07) is 5.08. The zero-order chi connectivity index (χ0) is 22.8. The van der Waals surface area contributed by atoms with Crippen LogP contribution in [-0.2, 0) is 15.7 Å². The van der Waals surface area contributed by atoms with E-state index in [2.05, 4.69) is 5.32 Å². The minimum absolute atomic E-state index is 0.0142. The minimum atomic E-state index is -4.35. The lowest BCUT2D eigenvalue weighted by Crippen LogP contribution is -2.43. The molecule has 2 aliphatic rings. The first-order chi connectivity index (χ1) is 14.4. The number of piperidine rings is 1. The van der Waals surface area contributed by atoms with Crippen molar-refractivity contribution in [3.63, 3.8) is 0 Å². The molecule has 1 aliphatic heterocycles. The van der Waals surface area contributed by atoms with Crippen LogP contribution in [0.2, 0.25) is 0 Å². The second kappa shape index (κ2) is 9.09. The van der Waals surface area contributed by atoms with Crippen molar-refractivity contribution in [2.24, 2.45) is 11.8 Å². The summed E-state index contributed by atoms with van der Waals surface area (Å²) in [6.45, 7) is 7.38. The van der Waals surface area contributed by atoms with E-state index in [0.29, 0.717) is 32.0 Å². The lowest BCUT2D eigenvalue weighted by atomic mass is 9.95. The fourth-order valence-electron chi connectivity index (χ4n) is 4.10. The molecule has 0 spiro atoms. The van der Waals surface area contributed by atoms with Crippen molar-refractivity contribution in [3.8, 4) is 0 Å². The minimum Gasteiger partial charge on any atom is -0.444 e. The molecule has 1 aromatic carbocycles. The van der Waals surface area contributed by atoms with Crippen LogP contribution in [0.25, 0.3) is 0 Å². The maximum atomic E-state index is 12.7. The Bertz CT molecular complexity index is 787. The third kappa shape index (κ3) is 6.61. The summed E-state index contributed by atoms with van der Waals surface area (Å²) >= 11 is 0. The van der Waals surface area contributed by atoms with Crippen molar-refractivity contribution >= 4 is 12.0 Å². The predicted molar refractivity (Wildman–Crippen MR) is 110 cm³/mol. The Morgan fingerprint density at radius 3 is 2.45 bits per heavy atom. The van der Waals surface area contributed by atoms with Crippen molar-refractivity contribution in [3.05, 3.63) is 35.4 Å². The molecule has 1 N–H and O–H groups in total. The van der Waals surface area contributed by atoms with Crippen molar-refractivity contribution in [2.75, 3.05) is 19.6 Å². The highest BCUT2D eigenvalue weighted by atomic mass is 19.4. The van der Waals surface area contributed by atoms with Gasteiger partial charge in [-0.05, 0) is 76.0 Å². The average molecular weight is 441 g/mol. The summed E-state index contributed by atoms with van der Waals surface area (Å²) in [6.07, 6.45) is -1.28. The number of ether oxygens (including phenoxy) is 1. The summed E-state index contributed by atoms with van der Waals surface area (Å²) in [5.41, 5.74) is -0.425. The van der Waals surface area contributed by atoms with Crippen LogP contribution in [-0.4, -0.2) is 42.1 Å². The highest BCUT2D eigenvalue weighted by Gasteiger charge is 2.44. The van der Waals surface area contributed by atoms with Gasteiger partial charge in [0.15, 0.2) is 0 Å². The predicted octanol–water partition coefficient (Wildman–Crippen LogP) is 4.96. The number of carbonyl (C=O) groups is 2. The maximum absolute atomic E-state index is 12.7. The van der Waals surface area contributed by atoms with E-state index in [1.165, 1.54) is 12.1 Å². The van der Waals surface area contributed by atoms with Crippen molar-refractivity contribution in [2.45, 2.75) is 64.1 Å². The monoisotopic (exact) mass is 440 g/mol. The molecule has 2 fully saturated rings. The smallest absolute Gasteiger partial charge is 0.416 e. The van der Waals surface area contributed by atoms with Crippen molar-refractivity contribution in [1.29, 1.82) is 0 Å². The van der Waals surface area contributed by atoms with E-state index < -0.39 is 17.3 Å². The number of carbonyl (C=O) groups excluding carboxylic acids is 2. The zero-order valence-electron chi connectivity index (χ0n) is 18.3. The Hall–Kier alpha value is -2.25. The Labute approximate surface area is 181 Å². The third-order valence-electron chi connectivity index (χ3n) is 5.82. The number of rotatable bonds is 5. The largest absolute Gasteiger partial charge is 0.444 e.